The highest BCUT2D eigenvalue weighted by atomic mass is 19.1. The van der Waals surface area contributed by atoms with Crippen LogP contribution in [0.15, 0.2) is 30.3 Å². The number of benzene rings is 1. The van der Waals surface area contributed by atoms with Gasteiger partial charge >= 0.3 is 5.97 Å². The van der Waals surface area contributed by atoms with Crippen molar-refractivity contribution in [2.75, 3.05) is 0 Å². The van der Waals surface area contributed by atoms with Gasteiger partial charge in [-0.1, -0.05) is 24.3 Å². The number of allylic oxidation sites excluding steroid dienone is 1. The maximum Gasteiger partial charge on any atom is 0.303 e. The molecule has 0 saturated carbocycles. The Hall–Kier alpha value is -1.64. The second kappa shape index (κ2) is 5.96. The van der Waals surface area contributed by atoms with Gasteiger partial charge in [-0.2, -0.15) is 0 Å². The number of carboxylic acid groups (broad SMARTS) is 1. The smallest absolute Gasteiger partial charge is 0.303 e. The van der Waals surface area contributed by atoms with Crippen molar-refractivity contribution in [2.24, 2.45) is 0 Å². The van der Waals surface area contributed by atoms with Gasteiger partial charge in [0.2, 0.25) is 0 Å². The van der Waals surface area contributed by atoms with Crippen molar-refractivity contribution in [3.63, 3.8) is 0 Å². The van der Waals surface area contributed by atoms with Gasteiger partial charge < -0.3 is 5.11 Å². The van der Waals surface area contributed by atoms with Crippen LogP contribution in [0.4, 0.5) is 4.39 Å². The number of unbranched alkanes of at least 4 members (excludes halogenated alkanes) is 1. The molecule has 1 N–H and O–H groups in total. The Bertz CT molecular complexity index is 341. The molecule has 0 atom stereocenters. The molecule has 0 radical (unpaired) electrons. The Morgan fingerprint density at radius 1 is 1.33 bits per heavy atom. The van der Waals surface area contributed by atoms with Crippen LogP contribution < -0.4 is 0 Å². The largest absolute Gasteiger partial charge is 0.481 e. The van der Waals surface area contributed by atoms with Crippen LogP contribution in [0.3, 0.4) is 0 Å². The zero-order valence-corrected chi connectivity index (χ0v) is 8.32. The minimum atomic E-state index is -0.773. The van der Waals surface area contributed by atoms with E-state index in [1.54, 1.807) is 12.1 Å². The van der Waals surface area contributed by atoms with Crippen molar-refractivity contribution in [2.45, 2.75) is 19.3 Å². The SMILES string of the molecule is O=C(O)CCC/C=C/c1ccc(F)cc1. The molecule has 80 valence electrons. The molecule has 1 aromatic rings. The first-order valence-electron chi connectivity index (χ1n) is 4.82. The zero-order valence-electron chi connectivity index (χ0n) is 8.32. The van der Waals surface area contributed by atoms with Crippen molar-refractivity contribution in [3.8, 4) is 0 Å². The van der Waals surface area contributed by atoms with Gasteiger partial charge in [-0.3, -0.25) is 4.79 Å². The summed E-state index contributed by atoms with van der Waals surface area (Å²) in [6, 6.07) is 6.17. The van der Waals surface area contributed by atoms with E-state index in [4.69, 9.17) is 5.11 Å². The monoisotopic (exact) mass is 208 g/mol. The molecule has 0 bridgehead atoms. The van der Waals surface area contributed by atoms with Crippen molar-refractivity contribution >= 4 is 12.0 Å². The molecule has 0 spiro atoms. The maximum atomic E-state index is 12.5. The Labute approximate surface area is 88.1 Å². The highest BCUT2D eigenvalue weighted by molar-refractivity contribution is 5.66. The lowest BCUT2D eigenvalue weighted by molar-refractivity contribution is -0.137. The Kier molecular flexibility index (Phi) is 4.54. The molecular formula is C12H13FO2. The van der Waals surface area contributed by atoms with Crippen molar-refractivity contribution < 1.29 is 14.3 Å². The van der Waals surface area contributed by atoms with E-state index in [0.717, 1.165) is 12.0 Å². The third kappa shape index (κ3) is 4.96. The van der Waals surface area contributed by atoms with Crippen LogP contribution in [0.25, 0.3) is 6.08 Å². The van der Waals surface area contributed by atoms with Crippen molar-refractivity contribution in [1.29, 1.82) is 0 Å². The maximum absolute atomic E-state index is 12.5. The lowest BCUT2D eigenvalue weighted by Crippen LogP contribution is -1.92. The standard InChI is InChI=1S/C12H13FO2/c13-11-8-6-10(7-9-11)4-2-1-3-5-12(14)15/h2,4,6-9H,1,3,5H2,(H,14,15)/b4-2+. The van der Waals surface area contributed by atoms with Crippen LogP contribution in [0, 0.1) is 5.82 Å². The summed E-state index contributed by atoms with van der Waals surface area (Å²) in [5, 5.41) is 8.39. The Morgan fingerprint density at radius 3 is 2.60 bits per heavy atom. The van der Waals surface area contributed by atoms with E-state index in [0.29, 0.717) is 6.42 Å². The fourth-order valence-corrected chi connectivity index (χ4v) is 1.16. The van der Waals surface area contributed by atoms with Crippen LogP contribution in [-0.2, 0) is 4.79 Å². The molecule has 1 aromatic carbocycles. The average Bonchev–Trinajstić information content (AvgIpc) is 2.20. The number of rotatable bonds is 5. The summed E-state index contributed by atoms with van der Waals surface area (Å²) in [7, 11) is 0. The molecule has 0 heterocycles. The number of aliphatic carboxylic acids is 1. The molecule has 0 amide bonds. The van der Waals surface area contributed by atoms with E-state index in [2.05, 4.69) is 0 Å². The third-order valence-electron chi connectivity index (χ3n) is 1.94. The van der Waals surface area contributed by atoms with E-state index in [1.165, 1.54) is 12.1 Å². The summed E-state index contributed by atoms with van der Waals surface area (Å²) >= 11 is 0. The summed E-state index contributed by atoms with van der Waals surface area (Å²) < 4.78 is 12.5. The molecule has 0 aliphatic carbocycles. The summed E-state index contributed by atoms with van der Waals surface area (Å²) in [6.45, 7) is 0. The van der Waals surface area contributed by atoms with Crippen LogP contribution in [-0.4, -0.2) is 11.1 Å². The Balaban J connectivity index is 2.32. The Morgan fingerprint density at radius 2 is 2.00 bits per heavy atom. The van der Waals surface area contributed by atoms with Crippen LogP contribution >= 0.6 is 0 Å². The average molecular weight is 208 g/mol. The van der Waals surface area contributed by atoms with Gasteiger partial charge in [0.1, 0.15) is 5.82 Å². The van der Waals surface area contributed by atoms with Gasteiger partial charge in [-0.15, -0.1) is 0 Å². The summed E-state index contributed by atoms with van der Waals surface area (Å²) in [4.78, 5) is 10.2. The number of carbonyl (C=O) groups is 1. The van der Waals surface area contributed by atoms with E-state index in [9.17, 15) is 9.18 Å². The van der Waals surface area contributed by atoms with E-state index >= 15 is 0 Å². The van der Waals surface area contributed by atoms with E-state index in [-0.39, 0.29) is 12.2 Å². The van der Waals surface area contributed by atoms with Crippen molar-refractivity contribution in [3.05, 3.63) is 41.7 Å². The molecule has 2 nitrogen and oxygen atoms in total. The van der Waals surface area contributed by atoms with Crippen LogP contribution in [0.1, 0.15) is 24.8 Å². The third-order valence-corrected chi connectivity index (χ3v) is 1.94. The quantitative estimate of drug-likeness (QED) is 0.755. The topological polar surface area (TPSA) is 37.3 Å². The first-order chi connectivity index (χ1) is 7.18. The lowest BCUT2D eigenvalue weighted by Gasteiger charge is -1.93. The second-order valence-electron chi connectivity index (χ2n) is 3.24. The molecule has 0 aliphatic heterocycles. The van der Waals surface area contributed by atoms with Gasteiger partial charge in [0.15, 0.2) is 0 Å². The number of hydrogen-bond donors (Lipinski definition) is 1. The molecule has 0 aromatic heterocycles. The first-order valence-corrected chi connectivity index (χ1v) is 4.82. The molecule has 3 heteroatoms. The summed E-state index contributed by atoms with van der Waals surface area (Å²) in [5.74, 6) is -1.02. The summed E-state index contributed by atoms with van der Waals surface area (Å²) in [6.07, 6.45) is 5.31. The fraction of sp³-hybridized carbons (Fsp3) is 0.250. The van der Waals surface area contributed by atoms with Gasteiger partial charge in [-0.05, 0) is 30.5 Å². The molecule has 1 rings (SSSR count). The number of halogens is 1. The minimum absolute atomic E-state index is 0.188. The van der Waals surface area contributed by atoms with Gasteiger partial charge in [0.25, 0.3) is 0 Å². The van der Waals surface area contributed by atoms with Crippen molar-refractivity contribution in [1.82, 2.24) is 0 Å². The van der Waals surface area contributed by atoms with Gasteiger partial charge in [0.05, 0.1) is 0 Å². The highest BCUT2D eigenvalue weighted by Crippen LogP contribution is 2.06. The predicted molar refractivity (Wildman–Crippen MR) is 56.9 cm³/mol. The van der Waals surface area contributed by atoms with Gasteiger partial charge in [0, 0.05) is 6.42 Å². The first kappa shape index (κ1) is 11.4. The van der Waals surface area contributed by atoms with E-state index < -0.39 is 5.97 Å². The zero-order chi connectivity index (χ0) is 11.1. The number of carboxylic acids is 1. The second-order valence-corrected chi connectivity index (χ2v) is 3.24. The molecule has 0 saturated heterocycles. The van der Waals surface area contributed by atoms with E-state index in [1.807, 2.05) is 12.2 Å². The normalized spacial score (nSPS) is 10.7. The molecule has 15 heavy (non-hydrogen) atoms. The molecule has 0 fully saturated rings. The van der Waals surface area contributed by atoms with Crippen LogP contribution in [0.5, 0.6) is 0 Å². The molecule has 0 unspecified atom stereocenters. The fourth-order valence-electron chi connectivity index (χ4n) is 1.16. The molecule has 0 aliphatic rings. The minimum Gasteiger partial charge on any atom is -0.481 e. The van der Waals surface area contributed by atoms with Crippen LogP contribution in [0.2, 0.25) is 0 Å². The number of hydrogen-bond acceptors (Lipinski definition) is 1. The molecular weight excluding hydrogens is 195 g/mol. The lowest BCUT2D eigenvalue weighted by atomic mass is 10.1. The predicted octanol–water partition coefficient (Wildman–Crippen LogP) is 3.09. The highest BCUT2D eigenvalue weighted by Gasteiger charge is 1.93. The summed E-state index contributed by atoms with van der Waals surface area (Å²) in [5.41, 5.74) is 0.923. The van der Waals surface area contributed by atoms with Gasteiger partial charge in [-0.25, -0.2) is 4.39 Å².